The lowest BCUT2D eigenvalue weighted by molar-refractivity contribution is 0.547. The molecule has 2 aromatic rings. The molecule has 1 unspecified atom stereocenters. The predicted octanol–water partition coefficient (Wildman–Crippen LogP) is 5.00. The van der Waals surface area contributed by atoms with Crippen molar-refractivity contribution in [2.24, 2.45) is 0 Å². The van der Waals surface area contributed by atoms with Crippen LogP contribution < -0.4 is 5.32 Å². The number of benzene rings is 2. The maximum absolute atomic E-state index is 14.0. The van der Waals surface area contributed by atoms with Crippen molar-refractivity contribution >= 4 is 27.5 Å². The Morgan fingerprint density at radius 3 is 2.45 bits per heavy atom. The highest BCUT2D eigenvalue weighted by molar-refractivity contribution is 9.10. The molecule has 2 rings (SSSR count). The lowest BCUT2D eigenvalue weighted by atomic mass is 9.97. The highest BCUT2D eigenvalue weighted by Gasteiger charge is 2.18. The Balaban J connectivity index is 2.52. The monoisotopic (exact) mass is 359 g/mol. The Hall–Kier alpha value is -0.970. The summed E-state index contributed by atoms with van der Waals surface area (Å²) in [4.78, 5) is 0. The number of hydrogen-bond donors (Lipinski definition) is 1. The Labute approximate surface area is 130 Å². The third kappa shape index (κ3) is 3.03. The maximum Gasteiger partial charge on any atom is 0.131 e. The van der Waals surface area contributed by atoms with Crippen LogP contribution in [0.4, 0.5) is 8.78 Å². The highest BCUT2D eigenvalue weighted by Crippen LogP contribution is 2.30. The van der Waals surface area contributed by atoms with Crippen LogP contribution in [0.5, 0.6) is 0 Å². The minimum atomic E-state index is -0.577. The first-order valence-corrected chi connectivity index (χ1v) is 7.19. The Kier molecular flexibility index (Phi) is 4.78. The first-order chi connectivity index (χ1) is 9.43. The van der Waals surface area contributed by atoms with Gasteiger partial charge in [0.15, 0.2) is 0 Å². The van der Waals surface area contributed by atoms with E-state index in [1.807, 2.05) is 6.07 Å². The number of aryl methyl sites for hydroxylation is 1. The van der Waals surface area contributed by atoms with Gasteiger partial charge < -0.3 is 5.32 Å². The minimum Gasteiger partial charge on any atom is -0.309 e. The van der Waals surface area contributed by atoms with E-state index in [1.54, 1.807) is 26.1 Å². The molecule has 106 valence electrons. The summed E-state index contributed by atoms with van der Waals surface area (Å²) in [5.74, 6) is -1.12. The molecule has 0 saturated heterocycles. The SMILES string of the molecule is CNC(c1ccc(Br)c(Cl)c1)c1cc(C)c(F)cc1F. The van der Waals surface area contributed by atoms with Crippen LogP contribution in [0, 0.1) is 18.6 Å². The molecule has 1 N–H and O–H groups in total. The second kappa shape index (κ2) is 6.20. The molecule has 0 heterocycles. The average Bonchev–Trinajstić information content (AvgIpc) is 2.40. The molecule has 0 aliphatic heterocycles. The fourth-order valence-corrected chi connectivity index (χ4v) is 2.53. The summed E-state index contributed by atoms with van der Waals surface area (Å²) in [6.45, 7) is 1.61. The van der Waals surface area contributed by atoms with E-state index in [0.717, 1.165) is 16.1 Å². The molecule has 0 spiro atoms. The van der Waals surface area contributed by atoms with Crippen molar-refractivity contribution in [3.8, 4) is 0 Å². The minimum absolute atomic E-state index is 0.389. The maximum atomic E-state index is 14.0. The van der Waals surface area contributed by atoms with Crippen LogP contribution in [0.3, 0.4) is 0 Å². The van der Waals surface area contributed by atoms with Crippen LogP contribution >= 0.6 is 27.5 Å². The zero-order valence-corrected chi connectivity index (χ0v) is 13.3. The fourth-order valence-electron chi connectivity index (χ4n) is 2.09. The van der Waals surface area contributed by atoms with Gasteiger partial charge in [-0.1, -0.05) is 17.7 Å². The Morgan fingerprint density at radius 1 is 1.15 bits per heavy atom. The lowest BCUT2D eigenvalue weighted by Crippen LogP contribution is -2.19. The molecule has 5 heteroatoms. The highest BCUT2D eigenvalue weighted by atomic mass is 79.9. The Morgan fingerprint density at radius 2 is 1.85 bits per heavy atom. The van der Waals surface area contributed by atoms with Gasteiger partial charge in [0.1, 0.15) is 11.6 Å². The second-order valence-corrected chi connectivity index (χ2v) is 5.78. The van der Waals surface area contributed by atoms with E-state index >= 15 is 0 Å². The van der Waals surface area contributed by atoms with Gasteiger partial charge in [-0.3, -0.25) is 0 Å². The van der Waals surface area contributed by atoms with Crippen molar-refractivity contribution in [2.75, 3.05) is 7.05 Å². The van der Waals surface area contributed by atoms with E-state index < -0.39 is 11.6 Å². The first-order valence-electron chi connectivity index (χ1n) is 6.01. The van der Waals surface area contributed by atoms with Crippen molar-refractivity contribution < 1.29 is 8.78 Å². The summed E-state index contributed by atoms with van der Waals surface area (Å²) in [6, 6.07) is 7.44. The van der Waals surface area contributed by atoms with Crippen LogP contribution in [0.2, 0.25) is 5.02 Å². The summed E-state index contributed by atoms with van der Waals surface area (Å²) >= 11 is 9.39. The van der Waals surface area contributed by atoms with E-state index in [4.69, 9.17) is 11.6 Å². The second-order valence-electron chi connectivity index (χ2n) is 4.52. The molecule has 0 amide bonds. The molecule has 0 aliphatic rings. The van der Waals surface area contributed by atoms with Gasteiger partial charge in [0.25, 0.3) is 0 Å². The summed E-state index contributed by atoms with van der Waals surface area (Å²) in [6.07, 6.45) is 0. The van der Waals surface area contributed by atoms with Gasteiger partial charge in [-0.05, 0) is 59.2 Å². The van der Waals surface area contributed by atoms with Gasteiger partial charge in [0, 0.05) is 16.1 Å². The third-order valence-electron chi connectivity index (χ3n) is 3.15. The zero-order chi connectivity index (χ0) is 14.9. The van der Waals surface area contributed by atoms with Crippen molar-refractivity contribution in [3.05, 3.63) is 68.2 Å². The largest absolute Gasteiger partial charge is 0.309 e. The first kappa shape index (κ1) is 15.4. The normalized spacial score (nSPS) is 12.5. The topological polar surface area (TPSA) is 12.0 Å². The van der Waals surface area contributed by atoms with Crippen molar-refractivity contribution in [1.82, 2.24) is 5.32 Å². The number of rotatable bonds is 3. The van der Waals surface area contributed by atoms with Gasteiger partial charge in [0.2, 0.25) is 0 Å². The van der Waals surface area contributed by atoms with E-state index in [2.05, 4.69) is 21.2 Å². The molecule has 0 aliphatic carbocycles. The molecule has 0 bridgehead atoms. The summed E-state index contributed by atoms with van der Waals surface area (Å²) in [5, 5.41) is 3.58. The van der Waals surface area contributed by atoms with Gasteiger partial charge in [-0.2, -0.15) is 0 Å². The van der Waals surface area contributed by atoms with Crippen LogP contribution in [-0.2, 0) is 0 Å². The number of hydrogen-bond acceptors (Lipinski definition) is 1. The molecular formula is C15H13BrClF2N. The Bertz CT molecular complexity index is 646. The fraction of sp³-hybridized carbons (Fsp3) is 0.200. The predicted molar refractivity (Wildman–Crippen MR) is 81.1 cm³/mol. The van der Waals surface area contributed by atoms with Gasteiger partial charge in [-0.15, -0.1) is 0 Å². The molecule has 1 nitrogen and oxygen atoms in total. The molecule has 0 aromatic heterocycles. The molecule has 1 atom stereocenters. The van der Waals surface area contributed by atoms with Gasteiger partial charge in [-0.25, -0.2) is 8.78 Å². The van der Waals surface area contributed by atoms with E-state index in [-0.39, 0.29) is 6.04 Å². The standard InChI is InChI=1S/C15H13BrClF2N/c1-8-5-10(14(19)7-13(8)18)15(20-2)9-3-4-11(16)12(17)6-9/h3-7,15,20H,1-2H3. The van der Waals surface area contributed by atoms with Crippen molar-refractivity contribution in [1.29, 1.82) is 0 Å². The molecule has 20 heavy (non-hydrogen) atoms. The zero-order valence-electron chi connectivity index (χ0n) is 11.0. The van der Waals surface area contributed by atoms with E-state index in [1.165, 1.54) is 6.07 Å². The summed E-state index contributed by atoms with van der Waals surface area (Å²) < 4.78 is 28.1. The molecule has 0 fully saturated rings. The van der Waals surface area contributed by atoms with E-state index in [9.17, 15) is 8.78 Å². The summed E-state index contributed by atoms with van der Waals surface area (Å²) in [7, 11) is 1.72. The summed E-state index contributed by atoms with van der Waals surface area (Å²) in [5.41, 5.74) is 1.61. The van der Waals surface area contributed by atoms with Crippen LogP contribution in [0.15, 0.2) is 34.8 Å². The molecule has 0 saturated carbocycles. The van der Waals surface area contributed by atoms with Crippen LogP contribution in [0.1, 0.15) is 22.7 Å². The van der Waals surface area contributed by atoms with Crippen molar-refractivity contribution in [2.45, 2.75) is 13.0 Å². The molecule has 0 radical (unpaired) electrons. The van der Waals surface area contributed by atoms with Gasteiger partial charge >= 0.3 is 0 Å². The van der Waals surface area contributed by atoms with E-state index in [0.29, 0.717) is 16.1 Å². The third-order valence-corrected chi connectivity index (χ3v) is 4.39. The molecule has 2 aromatic carbocycles. The van der Waals surface area contributed by atoms with Crippen molar-refractivity contribution in [3.63, 3.8) is 0 Å². The quantitative estimate of drug-likeness (QED) is 0.812. The smallest absolute Gasteiger partial charge is 0.131 e. The number of halogens is 4. The van der Waals surface area contributed by atoms with Crippen LogP contribution in [-0.4, -0.2) is 7.05 Å². The van der Waals surface area contributed by atoms with Crippen LogP contribution in [0.25, 0.3) is 0 Å². The lowest BCUT2D eigenvalue weighted by Gasteiger charge is -2.19. The molecular weight excluding hydrogens is 348 g/mol. The van der Waals surface area contributed by atoms with Gasteiger partial charge in [0.05, 0.1) is 11.1 Å². The number of nitrogens with one attached hydrogen (secondary N) is 1. The average molecular weight is 361 g/mol.